The normalized spacial score (nSPS) is 39.1. The number of ketones is 1. The summed E-state index contributed by atoms with van der Waals surface area (Å²) in [5.41, 5.74) is 4.67. The molecule has 0 aromatic heterocycles. The van der Waals surface area contributed by atoms with E-state index in [4.69, 9.17) is 0 Å². The van der Waals surface area contributed by atoms with Gasteiger partial charge in [0.05, 0.1) is 5.92 Å². The van der Waals surface area contributed by atoms with Crippen LogP contribution in [0.4, 0.5) is 0 Å². The molecule has 0 heterocycles. The van der Waals surface area contributed by atoms with Crippen molar-refractivity contribution in [1.82, 2.24) is 0 Å². The van der Waals surface area contributed by atoms with Gasteiger partial charge in [-0.25, -0.2) is 0 Å². The number of hydrogen-bond donors (Lipinski definition) is 1. The molecular weight excluding hydrogens is 396 g/mol. The summed E-state index contributed by atoms with van der Waals surface area (Å²) in [6.07, 6.45) is 12.2. The third kappa shape index (κ3) is 3.53. The summed E-state index contributed by atoms with van der Waals surface area (Å²) in [5.74, 6) is 0.890. The maximum absolute atomic E-state index is 12.7. The maximum Gasteiger partial charge on any atom is 0.306 e. The van der Waals surface area contributed by atoms with Gasteiger partial charge >= 0.3 is 5.97 Å². The molecule has 32 heavy (non-hydrogen) atoms. The van der Waals surface area contributed by atoms with Crippen molar-refractivity contribution >= 4 is 11.8 Å². The van der Waals surface area contributed by atoms with Crippen LogP contribution in [0.5, 0.6) is 0 Å². The van der Waals surface area contributed by atoms with Crippen LogP contribution in [0.2, 0.25) is 0 Å². The Morgan fingerprint density at radius 2 is 1.78 bits per heavy atom. The highest BCUT2D eigenvalue weighted by molar-refractivity contribution is 5.85. The van der Waals surface area contributed by atoms with Crippen molar-refractivity contribution in [2.45, 2.75) is 106 Å². The quantitative estimate of drug-likeness (QED) is 0.454. The molecule has 0 bridgehead atoms. The number of rotatable bonds is 5. The van der Waals surface area contributed by atoms with Gasteiger partial charge in [0.2, 0.25) is 0 Å². The monoisotopic (exact) mass is 440 g/mol. The van der Waals surface area contributed by atoms with E-state index >= 15 is 0 Å². The number of carbonyl (C=O) groups excluding carboxylic acids is 1. The van der Waals surface area contributed by atoms with Gasteiger partial charge in [0.15, 0.2) is 0 Å². The summed E-state index contributed by atoms with van der Waals surface area (Å²) >= 11 is 0. The summed E-state index contributed by atoms with van der Waals surface area (Å²) in [4.78, 5) is 25.1. The van der Waals surface area contributed by atoms with E-state index in [9.17, 15) is 14.7 Å². The minimum Gasteiger partial charge on any atom is -0.481 e. The van der Waals surface area contributed by atoms with Gasteiger partial charge < -0.3 is 5.11 Å². The number of allylic oxidation sites excluding steroid dienone is 4. The van der Waals surface area contributed by atoms with Crippen molar-refractivity contribution in [1.29, 1.82) is 0 Å². The smallest absolute Gasteiger partial charge is 0.306 e. The molecule has 0 spiro atoms. The fraction of sp³-hybridized carbons (Fsp3) is 0.793. The van der Waals surface area contributed by atoms with Crippen molar-refractivity contribution in [3.63, 3.8) is 0 Å². The van der Waals surface area contributed by atoms with Gasteiger partial charge in [-0.3, -0.25) is 9.59 Å². The molecule has 0 amide bonds. The summed E-state index contributed by atoms with van der Waals surface area (Å²) in [6, 6.07) is 0. The number of carboxylic acid groups (broad SMARTS) is 1. The second-order valence-electron chi connectivity index (χ2n) is 12.7. The average molecular weight is 441 g/mol. The van der Waals surface area contributed by atoms with Gasteiger partial charge in [0, 0.05) is 11.8 Å². The number of Topliss-reactive ketones (excluding diaryl/α,β-unsaturated/α-hetero) is 1. The third-order valence-electron chi connectivity index (χ3n) is 10.6. The lowest BCUT2D eigenvalue weighted by Gasteiger charge is -2.58. The second-order valence-corrected chi connectivity index (χ2v) is 12.7. The van der Waals surface area contributed by atoms with Crippen LogP contribution in [-0.2, 0) is 9.59 Å². The summed E-state index contributed by atoms with van der Waals surface area (Å²) in [6.45, 7) is 13.4. The largest absolute Gasteiger partial charge is 0.481 e. The van der Waals surface area contributed by atoms with Crippen LogP contribution in [0.3, 0.4) is 0 Å². The lowest BCUT2D eigenvalue weighted by atomic mass is 9.46. The number of carboxylic acids is 1. The Morgan fingerprint density at radius 1 is 1.06 bits per heavy atom. The Balaban J connectivity index is 1.64. The molecule has 3 nitrogen and oxygen atoms in total. The first kappa shape index (κ1) is 23.8. The zero-order chi connectivity index (χ0) is 23.5. The molecule has 0 aliphatic heterocycles. The fourth-order valence-electron chi connectivity index (χ4n) is 8.85. The zero-order valence-corrected chi connectivity index (χ0v) is 21.2. The number of hydrogen-bond acceptors (Lipinski definition) is 2. The van der Waals surface area contributed by atoms with Gasteiger partial charge in [-0.1, -0.05) is 50.5 Å². The number of fused-ring (bicyclic) bond motifs is 4. The van der Waals surface area contributed by atoms with Crippen LogP contribution in [0.25, 0.3) is 0 Å². The lowest BCUT2D eigenvalue weighted by Crippen LogP contribution is -2.52. The van der Waals surface area contributed by atoms with Crippen molar-refractivity contribution in [3.05, 3.63) is 22.8 Å². The molecule has 3 heteroatoms. The molecule has 4 rings (SSSR count). The van der Waals surface area contributed by atoms with Gasteiger partial charge in [-0.2, -0.15) is 0 Å². The number of aliphatic carboxylic acids is 1. The highest BCUT2D eigenvalue weighted by Gasteiger charge is 2.59. The van der Waals surface area contributed by atoms with E-state index in [-0.39, 0.29) is 28.1 Å². The standard InChI is InChI=1S/C29H44O3/c1-18(2)8-7-9-20(26(31)32)22-12-11-21-19-10-13-24-27(3,4)25(30)15-17-29(24,6)23(19)14-16-28(21,22)5/h8,20-22,24H,7,9-17H2,1-6H3,(H,31,32)/t20-,21+,22-,24+,28+,29-/m1/s1. The Hall–Kier alpha value is -1.38. The van der Waals surface area contributed by atoms with E-state index in [0.717, 1.165) is 57.8 Å². The van der Waals surface area contributed by atoms with E-state index in [1.165, 1.54) is 5.57 Å². The molecule has 2 fully saturated rings. The molecule has 178 valence electrons. The van der Waals surface area contributed by atoms with Crippen LogP contribution >= 0.6 is 0 Å². The summed E-state index contributed by atoms with van der Waals surface area (Å²) < 4.78 is 0. The zero-order valence-electron chi connectivity index (χ0n) is 21.2. The van der Waals surface area contributed by atoms with Crippen molar-refractivity contribution in [2.24, 2.45) is 39.9 Å². The molecule has 6 atom stereocenters. The Morgan fingerprint density at radius 3 is 2.44 bits per heavy atom. The van der Waals surface area contributed by atoms with E-state index in [1.54, 1.807) is 11.1 Å². The maximum atomic E-state index is 12.7. The summed E-state index contributed by atoms with van der Waals surface area (Å²) in [5, 5.41) is 10.1. The van der Waals surface area contributed by atoms with Crippen molar-refractivity contribution in [2.75, 3.05) is 0 Å². The van der Waals surface area contributed by atoms with Crippen LogP contribution in [0, 0.1) is 39.9 Å². The molecule has 4 aliphatic carbocycles. The molecule has 0 radical (unpaired) electrons. The molecule has 4 aliphatic rings. The molecular formula is C29H44O3. The van der Waals surface area contributed by atoms with Crippen LogP contribution in [0.15, 0.2) is 22.8 Å². The molecule has 0 aromatic rings. The molecule has 2 saturated carbocycles. The first-order valence-electron chi connectivity index (χ1n) is 13.0. The van der Waals surface area contributed by atoms with E-state index in [2.05, 4.69) is 47.6 Å². The van der Waals surface area contributed by atoms with Gasteiger partial charge in [-0.05, 0) is 100 Å². The van der Waals surface area contributed by atoms with Crippen LogP contribution in [-0.4, -0.2) is 16.9 Å². The fourth-order valence-corrected chi connectivity index (χ4v) is 8.85. The summed E-state index contributed by atoms with van der Waals surface area (Å²) in [7, 11) is 0. The minimum atomic E-state index is -0.595. The van der Waals surface area contributed by atoms with Crippen LogP contribution in [0.1, 0.15) is 106 Å². The molecule has 1 N–H and O–H groups in total. The van der Waals surface area contributed by atoms with Crippen molar-refractivity contribution < 1.29 is 14.7 Å². The Bertz CT molecular complexity index is 858. The Labute approximate surface area is 195 Å². The van der Waals surface area contributed by atoms with Gasteiger partial charge in [0.25, 0.3) is 0 Å². The van der Waals surface area contributed by atoms with Crippen molar-refractivity contribution in [3.8, 4) is 0 Å². The lowest BCUT2D eigenvalue weighted by molar-refractivity contribution is -0.146. The first-order chi connectivity index (χ1) is 14.9. The van der Waals surface area contributed by atoms with E-state index < -0.39 is 5.97 Å². The van der Waals surface area contributed by atoms with Crippen LogP contribution < -0.4 is 0 Å². The van der Waals surface area contributed by atoms with E-state index in [1.807, 2.05) is 0 Å². The minimum absolute atomic E-state index is 0.107. The first-order valence-corrected chi connectivity index (χ1v) is 13.0. The SMILES string of the molecule is CC(C)=CCC[C@@H](C(=O)O)[C@H]1CC[C@H]2C3=C(CC[C@]12C)[C@@]1(C)CCC(=O)C(C)(C)[C@@H]1CC3. The second kappa shape index (κ2) is 8.13. The highest BCUT2D eigenvalue weighted by atomic mass is 16.4. The predicted molar refractivity (Wildman–Crippen MR) is 129 cm³/mol. The molecule has 0 unspecified atom stereocenters. The average Bonchev–Trinajstić information content (AvgIpc) is 3.05. The predicted octanol–water partition coefficient (Wildman–Crippen LogP) is 7.36. The van der Waals surface area contributed by atoms with E-state index in [0.29, 0.717) is 24.0 Å². The topological polar surface area (TPSA) is 54.4 Å². The third-order valence-corrected chi connectivity index (χ3v) is 10.6. The Kier molecular flexibility index (Phi) is 6.04. The van der Waals surface area contributed by atoms with Gasteiger partial charge in [-0.15, -0.1) is 0 Å². The highest BCUT2D eigenvalue weighted by Crippen LogP contribution is 2.67. The molecule has 0 aromatic carbocycles. The number of carbonyl (C=O) groups is 2. The molecule has 0 saturated heterocycles. The van der Waals surface area contributed by atoms with Gasteiger partial charge in [0.1, 0.15) is 5.78 Å².